The monoisotopic (exact) mass is 307 g/mol. The van der Waals surface area contributed by atoms with E-state index in [1.807, 2.05) is 12.1 Å². The van der Waals surface area contributed by atoms with Crippen LogP contribution in [-0.4, -0.2) is 37.6 Å². The van der Waals surface area contributed by atoms with Gasteiger partial charge in [0.1, 0.15) is 13.2 Å². The maximum absolute atomic E-state index is 10.5. The molecule has 0 atom stereocenters. The molecule has 3 rings (SSSR count). The third kappa shape index (κ3) is 3.47. The minimum Gasteiger partial charge on any atom is -0.493 e. The van der Waals surface area contributed by atoms with Crippen LogP contribution in [0.5, 0.6) is 17.2 Å². The van der Waals surface area contributed by atoms with Crippen LogP contribution in [0.25, 0.3) is 0 Å². The van der Waals surface area contributed by atoms with Gasteiger partial charge < -0.3 is 24.6 Å². The first-order valence-electron chi connectivity index (χ1n) is 8.10. The van der Waals surface area contributed by atoms with Crippen LogP contribution in [0.3, 0.4) is 0 Å². The second kappa shape index (κ2) is 6.75. The summed E-state index contributed by atoms with van der Waals surface area (Å²) in [6.45, 7) is 2.42. The van der Waals surface area contributed by atoms with E-state index in [-0.39, 0.29) is 0 Å². The Kier molecular flexibility index (Phi) is 4.74. The average molecular weight is 307 g/mol. The van der Waals surface area contributed by atoms with Crippen LogP contribution in [-0.2, 0) is 6.54 Å². The van der Waals surface area contributed by atoms with E-state index in [0.29, 0.717) is 37.8 Å². The van der Waals surface area contributed by atoms with E-state index in [2.05, 4.69) is 5.32 Å². The van der Waals surface area contributed by atoms with E-state index in [1.165, 1.54) is 6.42 Å². The molecule has 1 fully saturated rings. The summed E-state index contributed by atoms with van der Waals surface area (Å²) in [4.78, 5) is 0. The SMILES string of the molecule is COc1cc(CNCC2(O)CCCCC2)cc2c1OCCO2. The molecule has 0 spiro atoms. The molecule has 0 amide bonds. The Bertz CT molecular complexity index is 494. The maximum atomic E-state index is 10.5. The van der Waals surface area contributed by atoms with Crippen LogP contribution in [0, 0.1) is 0 Å². The molecule has 1 aromatic rings. The average Bonchev–Trinajstić information content (AvgIpc) is 2.54. The number of ether oxygens (including phenoxy) is 3. The van der Waals surface area contributed by atoms with Crippen molar-refractivity contribution in [2.45, 2.75) is 44.2 Å². The molecule has 1 aromatic carbocycles. The lowest BCUT2D eigenvalue weighted by Gasteiger charge is -2.32. The van der Waals surface area contributed by atoms with Crippen molar-refractivity contribution >= 4 is 0 Å². The molecule has 0 saturated heterocycles. The maximum Gasteiger partial charge on any atom is 0.203 e. The van der Waals surface area contributed by atoms with Crippen molar-refractivity contribution in [3.63, 3.8) is 0 Å². The Morgan fingerprint density at radius 2 is 1.95 bits per heavy atom. The molecule has 1 aliphatic carbocycles. The van der Waals surface area contributed by atoms with Crippen molar-refractivity contribution in [3.8, 4) is 17.2 Å². The van der Waals surface area contributed by atoms with Crippen molar-refractivity contribution in [1.82, 2.24) is 5.32 Å². The first-order chi connectivity index (χ1) is 10.7. The summed E-state index contributed by atoms with van der Waals surface area (Å²) in [7, 11) is 1.63. The van der Waals surface area contributed by atoms with Gasteiger partial charge in [-0.15, -0.1) is 0 Å². The normalized spacial score (nSPS) is 19.7. The number of hydrogen-bond acceptors (Lipinski definition) is 5. The number of hydrogen-bond donors (Lipinski definition) is 2. The molecule has 1 aliphatic heterocycles. The van der Waals surface area contributed by atoms with Crippen LogP contribution in [0.2, 0.25) is 0 Å². The van der Waals surface area contributed by atoms with Crippen LogP contribution in [0.15, 0.2) is 12.1 Å². The lowest BCUT2D eigenvalue weighted by Crippen LogP contribution is -2.41. The van der Waals surface area contributed by atoms with Gasteiger partial charge in [0.25, 0.3) is 0 Å². The topological polar surface area (TPSA) is 60.0 Å². The molecule has 0 unspecified atom stereocenters. The minimum absolute atomic E-state index is 0.545. The summed E-state index contributed by atoms with van der Waals surface area (Å²) < 4.78 is 16.6. The fourth-order valence-corrected chi connectivity index (χ4v) is 3.26. The lowest BCUT2D eigenvalue weighted by atomic mass is 9.85. The first kappa shape index (κ1) is 15.4. The summed E-state index contributed by atoms with van der Waals surface area (Å²) in [6, 6.07) is 3.94. The third-order valence-corrected chi connectivity index (χ3v) is 4.46. The van der Waals surface area contributed by atoms with E-state index in [0.717, 1.165) is 37.0 Å². The number of rotatable bonds is 5. The summed E-state index contributed by atoms with van der Waals surface area (Å²) in [5.74, 6) is 2.12. The predicted molar refractivity (Wildman–Crippen MR) is 83.7 cm³/mol. The minimum atomic E-state index is -0.545. The predicted octanol–water partition coefficient (Wildman–Crippen LogP) is 2.25. The second-order valence-electron chi connectivity index (χ2n) is 6.21. The van der Waals surface area contributed by atoms with Crippen molar-refractivity contribution in [3.05, 3.63) is 17.7 Å². The lowest BCUT2D eigenvalue weighted by molar-refractivity contribution is 0.00467. The third-order valence-electron chi connectivity index (χ3n) is 4.46. The number of aliphatic hydroxyl groups is 1. The molecule has 2 N–H and O–H groups in total. The molecule has 5 nitrogen and oxygen atoms in total. The van der Waals surface area contributed by atoms with Crippen molar-refractivity contribution < 1.29 is 19.3 Å². The van der Waals surface area contributed by atoms with Crippen molar-refractivity contribution in [2.75, 3.05) is 26.9 Å². The zero-order chi connectivity index (χ0) is 15.4. The second-order valence-corrected chi connectivity index (χ2v) is 6.21. The Morgan fingerprint density at radius 3 is 2.73 bits per heavy atom. The van der Waals surface area contributed by atoms with Gasteiger partial charge in [0.15, 0.2) is 11.5 Å². The molecule has 0 radical (unpaired) electrons. The smallest absolute Gasteiger partial charge is 0.203 e. The first-order valence-corrected chi connectivity index (χ1v) is 8.10. The van der Waals surface area contributed by atoms with Crippen LogP contribution >= 0.6 is 0 Å². The number of fused-ring (bicyclic) bond motifs is 1. The zero-order valence-corrected chi connectivity index (χ0v) is 13.2. The van der Waals surface area contributed by atoms with Crippen LogP contribution in [0.1, 0.15) is 37.7 Å². The molecule has 5 heteroatoms. The summed E-state index contributed by atoms with van der Waals surface area (Å²) in [6.07, 6.45) is 5.27. The van der Waals surface area contributed by atoms with Gasteiger partial charge in [0.2, 0.25) is 5.75 Å². The highest BCUT2D eigenvalue weighted by Gasteiger charge is 2.28. The van der Waals surface area contributed by atoms with Crippen molar-refractivity contribution in [1.29, 1.82) is 0 Å². The van der Waals surface area contributed by atoms with Gasteiger partial charge in [0, 0.05) is 13.1 Å². The fourth-order valence-electron chi connectivity index (χ4n) is 3.26. The molecular formula is C17H25NO4. The summed E-state index contributed by atoms with van der Waals surface area (Å²) in [5.41, 5.74) is 0.524. The Labute approximate surface area is 131 Å². The van der Waals surface area contributed by atoms with Gasteiger partial charge in [-0.1, -0.05) is 19.3 Å². The number of methoxy groups -OCH3 is 1. The zero-order valence-electron chi connectivity index (χ0n) is 13.2. The van der Waals surface area contributed by atoms with Gasteiger partial charge in [-0.3, -0.25) is 0 Å². The molecular weight excluding hydrogens is 282 g/mol. The Balaban J connectivity index is 1.62. The van der Waals surface area contributed by atoms with Gasteiger partial charge in [-0.25, -0.2) is 0 Å². The summed E-state index contributed by atoms with van der Waals surface area (Å²) >= 11 is 0. The molecule has 0 aromatic heterocycles. The van der Waals surface area contributed by atoms with E-state index in [9.17, 15) is 5.11 Å². The quantitative estimate of drug-likeness (QED) is 0.874. The van der Waals surface area contributed by atoms with E-state index in [1.54, 1.807) is 7.11 Å². The number of nitrogens with one attached hydrogen (secondary N) is 1. The molecule has 0 bridgehead atoms. The van der Waals surface area contributed by atoms with E-state index >= 15 is 0 Å². The highest BCUT2D eigenvalue weighted by Crippen LogP contribution is 2.40. The van der Waals surface area contributed by atoms with Gasteiger partial charge in [0.05, 0.1) is 12.7 Å². The Hall–Kier alpha value is -1.46. The molecule has 22 heavy (non-hydrogen) atoms. The van der Waals surface area contributed by atoms with Gasteiger partial charge in [-0.05, 0) is 30.5 Å². The Morgan fingerprint density at radius 1 is 1.18 bits per heavy atom. The van der Waals surface area contributed by atoms with Gasteiger partial charge >= 0.3 is 0 Å². The van der Waals surface area contributed by atoms with E-state index < -0.39 is 5.60 Å². The fraction of sp³-hybridized carbons (Fsp3) is 0.647. The number of benzene rings is 1. The molecule has 2 aliphatic rings. The van der Waals surface area contributed by atoms with Gasteiger partial charge in [-0.2, -0.15) is 0 Å². The largest absolute Gasteiger partial charge is 0.493 e. The van der Waals surface area contributed by atoms with Crippen LogP contribution < -0.4 is 19.5 Å². The molecule has 122 valence electrons. The standard InChI is InChI=1S/C17H25NO4/c1-20-14-9-13(10-15-16(14)22-8-7-21-15)11-18-12-17(19)5-3-2-4-6-17/h9-10,18-19H,2-8,11-12H2,1H3. The highest BCUT2D eigenvalue weighted by atomic mass is 16.6. The van der Waals surface area contributed by atoms with Crippen LogP contribution in [0.4, 0.5) is 0 Å². The van der Waals surface area contributed by atoms with E-state index in [4.69, 9.17) is 14.2 Å². The van der Waals surface area contributed by atoms with Crippen molar-refractivity contribution in [2.24, 2.45) is 0 Å². The highest BCUT2D eigenvalue weighted by molar-refractivity contribution is 5.54. The summed E-state index contributed by atoms with van der Waals surface area (Å²) in [5, 5.41) is 13.9. The molecule has 1 heterocycles. The molecule has 1 saturated carbocycles.